The van der Waals surface area contributed by atoms with Crippen molar-refractivity contribution in [2.45, 2.75) is 0 Å². The average molecular weight is 371 g/mol. The fourth-order valence-corrected chi connectivity index (χ4v) is 2.43. The van der Waals surface area contributed by atoms with Gasteiger partial charge >= 0.3 is 0 Å². The number of nitrogens with zero attached hydrogens (tertiary/aromatic N) is 5. The molecular weight excluding hydrogens is 356 g/mol. The van der Waals surface area contributed by atoms with E-state index in [0.717, 1.165) is 0 Å². The molecule has 2 amide bonds. The highest BCUT2D eigenvalue weighted by Gasteiger charge is 2.16. The molecule has 1 aromatic heterocycles. The van der Waals surface area contributed by atoms with Crippen LogP contribution in [0.25, 0.3) is 5.69 Å². The third-order valence-corrected chi connectivity index (χ3v) is 3.81. The number of tetrazole rings is 1. The number of halogens is 1. The number of nitrogens with one attached hydrogen (secondary N) is 1. The first-order valence-corrected chi connectivity index (χ1v) is 8.05. The van der Waals surface area contributed by atoms with E-state index in [2.05, 4.69) is 20.8 Å². The molecule has 0 aliphatic carbocycles. The molecule has 3 aromatic rings. The first-order valence-electron chi connectivity index (χ1n) is 7.67. The summed E-state index contributed by atoms with van der Waals surface area (Å²) in [6, 6.07) is 13.6. The highest BCUT2D eigenvalue weighted by Crippen LogP contribution is 2.14. The van der Waals surface area contributed by atoms with Crippen LogP contribution in [-0.2, 0) is 4.79 Å². The van der Waals surface area contributed by atoms with Crippen LogP contribution in [0, 0.1) is 0 Å². The highest BCUT2D eigenvalue weighted by molar-refractivity contribution is 6.30. The minimum Gasteiger partial charge on any atom is -0.332 e. The summed E-state index contributed by atoms with van der Waals surface area (Å²) in [5, 5.41) is 14.2. The van der Waals surface area contributed by atoms with Crippen LogP contribution in [0.3, 0.4) is 0 Å². The summed E-state index contributed by atoms with van der Waals surface area (Å²) in [7, 11) is 1.56. The lowest BCUT2D eigenvalue weighted by molar-refractivity contribution is -0.116. The first kappa shape index (κ1) is 17.6. The van der Waals surface area contributed by atoms with Gasteiger partial charge in [0, 0.05) is 23.3 Å². The van der Waals surface area contributed by atoms with Gasteiger partial charge in [0.25, 0.3) is 5.91 Å². The molecule has 0 aliphatic heterocycles. The maximum absolute atomic E-state index is 12.6. The van der Waals surface area contributed by atoms with Crippen LogP contribution in [0.2, 0.25) is 5.02 Å². The Hall–Kier alpha value is -3.26. The van der Waals surface area contributed by atoms with E-state index in [4.69, 9.17) is 11.6 Å². The van der Waals surface area contributed by atoms with Crippen LogP contribution in [0.15, 0.2) is 54.9 Å². The van der Waals surface area contributed by atoms with Crippen molar-refractivity contribution in [3.63, 3.8) is 0 Å². The van der Waals surface area contributed by atoms with Gasteiger partial charge in [0.2, 0.25) is 5.91 Å². The zero-order valence-corrected chi connectivity index (χ0v) is 14.6. The van der Waals surface area contributed by atoms with Gasteiger partial charge in [-0.15, -0.1) is 5.10 Å². The van der Waals surface area contributed by atoms with Gasteiger partial charge in [-0.3, -0.25) is 9.59 Å². The number of rotatable bonds is 5. The summed E-state index contributed by atoms with van der Waals surface area (Å²) >= 11 is 5.81. The zero-order chi connectivity index (χ0) is 18.5. The molecule has 1 N–H and O–H groups in total. The molecule has 26 heavy (non-hydrogen) atoms. The molecule has 0 aliphatic rings. The second kappa shape index (κ2) is 7.75. The molecule has 132 valence electrons. The number of anilines is 1. The van der Waals surface area contributed by atoms with E-state index in [0.29, 0.717) is 22.0 Å². The van der Waals surface area contributed by atoms with Gasteiger partial charge in [0.05, 0.1) is 12.2 Å². The summed E-state index contributed by atoms with van der Waals surface area (Å²) < 4.78 is 1.45. The molecule has 2 aromatic carbocycles. The topological polar surface area (TPSA) is 93.0 Å². The van der Waals surface area contributed by atoms with Crippen molar-refractivity contribution in [2.24, 2.45) is 0 Å². The van der Waals surface area contributed by atoms with Crippen molar-refractivity contribution in [2.75, 3.05) is 18.9 Å². The lowest BCUT2D eigenvalue weighted by atomic mass is 10.2. The Kier molecular flexibility index (Phi) is 5.23. The van der Waals surface area contributed by atoms with Crippen LogP contribution < -0.4 is 5.32 Å². The average Bonchev–Trinajstić information content (AvgIpc) is 3.18. The number of benzene rings is 2. The Labute approximate surface area is 154 Å². The fraction of sp³-hybridized carbons (Fsp3) is 0.118. The first-order chi connectivity index (χ1) is 12.5. The van der Waals surface area contributed by atoms with Gasteiger partial charge < -0.3 is 10.2 Å². The molecule has 0 saturated carbocycles. The molecule has 0 bridgehead atoms. The lowest BCUT2D eigenvalue weighted by Gasteiger charge is -2.17. The largest absolute Gasteiger partial charge is 0.332 e. The van der Waals surface area contributed by atoms with Gasteiger partial charge in [-0.25, -0.2) is 4.68 Å². The molecule has 8 nitrogen and oxygen atoms in total. The van der Waals surface area contributed by atoms with Crippen LogP contribution in [0.5, 0.6) is 0 Å². The number of carbonyl (C=O) groups excluding carboxylic acids is 2. The van der Waals surface area contributed by atoms with Crippen LogP contribution in [-0.4, -0.2) is 50.5 Å². The van der Waals surface area contributed by atoms with E-state index in [9.17, 15) is 9.59 Å². The Morgan fingerprint density at radius 1 is 1.19 bits per heavy atom. The molecule has 0 saturated heterocycles. The Balaban J connectivity index is 1.65. The van der Waals surface area contributed by atoms with Crippen molar-refractivity contribution in [1.82, 2.24) is 25.1 Å². The maximum atomic E-state index is 12.6. The SMILES string of the molecule is CN(CC(=O)Nc1ccc(Cl)cc1)C(=O)c1cccc(-n2cnnn2)c1. The quantitative estimate of drug-likeness (QED) is 0.741. The van der Waals surface area contributed by atoms with Gasteiger partial charge in [-0.1, -0.05) is 17.7 Å². The normalized spacial score (nSPS) is 10.4. The predicted molar refractivity (Wildman–Crippen MR) is 96.2 cm³/mol. The molecular formula is C17H15ClN6O2. The number of aromatic nitrogens is 4. The fourth-order valence-electron chi connectivity index (χ4n) is 2.30. The molecule has 1 heterocycles. The van der Waals surface area contributed by atoms with Gasteiger partial charge in [-0.05, 0) is 52.9 Å². The van der Waals surface area contributed by atoms with Gasteiger partial charge in [0.15, 0.2) is 0 Å². The zero-order valence-electron chi connectivity index (χ0n) is 13.8. The van der Waals surface area contributed by atoms with Crippen molar-refractivity contribution < 1.29 is 9.59 Å². The Morgan fingerprint density at radius 2 is 1.96 bits per heavy atom. The number of amides is 2. The van der Waals surface area contributed by atoms with E-state index in [1.54, 1.807) is 55.6 Å². The summed E-state index contributed by atoms with van der Waals surface area (Å²) in [5.74, 6) is -0.592. The smallest absolute Gasteiger partial charge is 0.254 e. The van der Waals surface area contributed by atoms with E-state index in [1.165, 1.54) is 15.9 Å². The number of hydrogen-bond donors (Lipinski definition) is 1. The van der Waals surface area contributed by atoms with Crippen molar-refractivity contribution in [1.29, 1.82) is 0 Å². The molecule has 0 atom stereocenters. The monoisotopic (exact) mass is 370 g/mol. The molecule has 0 fully saturated rings. The lowest BCUT2D eigenvalue weighted by Crippen LogP contribution is -2.35. The second-order valence-electron chi connectivity index (χ2n) is 5.52. The summed E-state index contributed by atoms with van der Waals surface area (Å²) in [5.41, 5.74) is 1.69. The summed E-state index contributed by atoms with van der Waals surface area (Å²) in [6.45, 7) is -0.0867. The van der Waals surface area contributed by atoms with Crippen molar-refractivity contribution >= 4 is 29.1 Å². The standard InChI is InChI=1S/C17H15ClN6O2/c1-23(10-16(25)20-14-7-5-13(18)6-8-14)17(26)12-3-2-4-15(9-12)24-11-19-21-22-24/h2-9,11H,10H2,1H3,(H,20,25). The molecule has 0 unspecified atom stereocenters. The summed E-state index contributed by atoms with van der Waals surface area (Å²) in [4.78, 5) is 26.0. The number of carbonyl (C=O) groups is 2. The van der Waals surface area contributed by atoms with E-state index >= 15 is 0 Å². The van der Waals surface area contributed by atoms with E-state index in [1.807, 2.05) is 0 Å². The second-order valence-corrected chi connectivity index (χ2v) is 5.96. The van der Waals surface area contributed by atoms with E-state index < -0.39 is 0 Å². The van der Waals surface area contributed by atoms with Crippen LogP contribution in [0.4, 0.5) is 5.69 Å². The van der Waals surface area contributed by atoms with Crippen LogP contribution >= 0.6 is 11.6 Å². The molecule has 3 rings (SSSR count). The third-order valence-electron chi connectivity index (χ3n) is 3.56. The minimum absolute atomic E-state index is 0.0867. The Bertz CT molecular complexity index is 911. The molecule has 0 spiro atoms. The van der Waals surface area contributed by atoms with Gasteiger partial charge in [-0.2, -0.15) is 0 Å². The van der Waals surface area contributed by atoms with Crippen molar-refractivity contribution in [3.05, 3.63) is 65.4 Å². The number of likely N-dealkylation sites (N-methyl/N-ethyl adjacent to an activating group) is 1. The maximum Gasteiger partial charge on any atom is 0.254 e. The van der Waals surface area contributed by atoms with E-state index in [-0.39, 0.29) is 18.4 Å². The predicted octanol–water partition coefficient (Wildman–Crippen LogP) is 2.03. The third kappa shape index (κ3) is 4.22. The highest BCUT2D eigenvalue weighted by atomic mass is 35.5. The van der Waals surface area contributed by atoms with Gasteiger partial charge in [0.1, 0.15) is 6.33 Å². The van der Waals surface area contributed by atoms with Crippen LogP contribution in [0.1, 0.15) is 10.4 Å². The number of hydrogen-bond acceptors (Lipinski definition) is 5. The molecule has 9 heteroatoms. The van der Waals surface area contributed by atoms with Crippen molar-refractivity contribution in [3.8, 4) is 5.69 Å². The summed E-state index contributed by atoms with van der Waals surface area (Å²) in [6.07, 6.45) is 1.44. The molecule has 0 radical (unpaired) electrons. The Morgan fingerprint density at radius 3 is 2.65 bits per heavy atom. The minimum atomic E-state index is -0.306.